The van der Waals surface area contributed by atoms with Gasteiger partial charge in [0, 0.05) is 36.1 Å². The van der Waals surface area contributed by atoms with Crippen molar-refractivity contribution in [2.45, 2.75) is 32.2 Å². The van der Waals surface area contributed by atoms with Crippen LogP contribution in [0, 0.1) is 0 Å². The molecule has 0 fully saturated rings. The summed E-state index contributed by atoms with van der Waals surface area (Å²) in [5, 5.41) is 11.5. The standard InChI is InChI=1S/C16H22N6/c1-11(18-9-8-15-20-16(17)22-21-15)6-7-12-10-19-14-5-3-2-4-13(12)14/h2-5,10-11,18-19H,6-9H2,1H3,(H3,17,20,21,22). The van der Waals surface area contributed by atoms with Crippen LogP contribution in [0.4, 0.5) is 5.95 Å². The zero-order chi connectivity index (χ0) is 15.4. The lowest BCUT2D eigenvalue weighted by atomic mass is 10.1. The summed E-state index contributed by atoms with van der Waals surface area (Å²) < 4.78 is 0. The van der Waals surface area contributed by atoms with E-state index < -0.39 is 0 Å². The Balaban J connectivity index is 1.45. The Labute approximate surface area is 129 Å². The van der Waals surface area contributed by atoms with Crippen molar-refractivity contribution in [3.05, 3.63) is 41.9 Å². The molecule has 0 radical (unpaired) electrons. The number of rotatable bonds is 7. The van der Waals surface area contributed by atoms with E-state index in [2.05, 4.69) is 62.9 Å². The molecule has 1 atom stereocenters. The van der Waals surface area contributed by atoms with E-state index in [1.807, 2.05) is 0 Å². The number of para-hydroxylation sites is 1. The monoisotopic (exact) mass is 298 g/mol. The maximum atomic E-state index is 5.48. The van der Waals surface area contributed by atoms with Gasteiger partial charge in [-0.05, 0) is 31.4 Å². The predicted molar refractivity (Wildman–Crippen MR) is 88.6 cm³/mol. The van der Waals surface area contributed by atoms with E-state index in [0.717, 1.165) is 31.6 Å². The number of aromatic amines is 2. The summed E-state index contributed by atoms with van der Waals surface area (Å²) in [6, 6.07) is 8.89. The number of hydrogen-bond donors (Lipinski definition) is 4. The van der Waals surface area contributed by atoms with Crippen LogP contribution in [0.3, 0.4) is 0 Å². The van der Waals surface area contributed by atoms with Gasteiger partial charge >= 0.3 is 0 Å². The van der Waals surface area contributed by atoms with Gasteiger partial charge in [-0.3, -0.25) is 5.10 Å². The fourth-order valence-corrected chi connectivity index (χ4v) is 2.67. The Morgan fingerprint density at radius 1 is 1.27 bits per heavy atom. The third-order valence-electron chi connectivity index (χ3n) is 3.93. The highest BCUT2D eigenvalue weighted by Gasteiger charge is 2.07. The molecule has 3 aromatic rings. The number of fused-ring (bicyclic) bond motifs is 1. The molecule has 2 heterocycles. The molecular formula is C16H22N6. The fraction of sp³-hybridized carbons (Fsp3) is 0.375. The highest BCUT2D eigenvalue weighted by Crippen LogP contribution is 2.19. The average molecular weight is 298 g/mol. The van der Waals surface area contributed by atoms with Crippen LogP contribution in [-0.2, 0) is 12.8 Å². The number of nitrogen functional groups attached to an aromatic ring is 1. The van der Waals surface area contributed by atoms with E-state index >= 15 is 0 Å². The summed E-state index contributed by atoms with van der Waals surface area (Å²) in [5.41, 5.74) is 8.07. The fourth-order valence-electron chi connectivity index (χ4n) is 2.67. The number of aromatic nitrogens is 4. The molecule has 3 rings (SSSR count). The van der Waals surface area contributed by atoms with Crippen molar-refractivity contribution in [2.24, 2.45) is 0 Å². The molecule has 22 heavy (non-hydrogen) atoms. The smallest absolute Gasteiger partial charge is 0.239 e. The first-order valence-corrected chi connectivity index (χ1v) is 7.67. The summed E-state index contributed by atoms with van der Waals surface area (Å²) in [5.74, 6) is 1.14. The molecule has 0 bridgehead atoms. The summed E-state index contributed by atoms with van der Waals surface area (Å²) >= 11 is 0. The second kappa shape index (κ2) is 6.62. The minimum absolute atomic E-state index is 0.308. The molecule has 116 valence electrons. The van der Waals surface area contributed by atoms with Gasteiger partial charge in [0.15, 0.2) is 0 Å². The molecule has 0 saturated carbocycles. The van der Waals surface area contributed by atoms with Gasteiger partial charge in [0.2, 0.25) is 5.95 Å². The molecule has 0 saturated heterocycles. The molecule has 1 unspecified atom stereocenters. The van der Waals surface area contributed by atoms with Crippen LogP contribution >= 0.6 is 0 Å². The largest absolute Gasteiger partial charge is 0.367 e. The minimum atomic E-state index is 0.308. The van der Waals surface area contributed by atoms with Gasteiger partial charge in [-0.2, -0.15) is 4.98 Å². The highest BCUT2D eigenvalue weighted by atomic mass is 15.3. The number of nitrogens with one attached hydrogen (secondary N) is 3. The maximum absolute atomic E-state index is 5.48. The van der Waals surface area contributed by atoms with Crippen LogP contribution in [0.2, 0.25) is 0 Å². The molecule has 0 spiro atoms. The summed E-state index contributed by atoms with van der Waals surface area (Å²) in [6.45, 7) is 3.08. The van der Waals surface area contributed by atoms with Crippen molar-refractivity contribution in [3.63, 3.8) is 0 Å². The quantitative estimate of drug-likeness (QED) is 0.536. The van der Waals surface area contributed by atoms with Crippen LogP contribution in [-0.4, -0.2) is 32.8 Å². The average Bonchev–Trinajstić information content (AvgIpc) is 3.11. The van der Waals surface area contributed by atoms with Crippen LogP contribution in [0.25, 0.3) is 10.9 Å². The zero-order valence-corrected chi connectivity index (χ0v) is 12.8. The van der Waals surface area contributed by atoms with Gasteiger partial charge in [-0.1, -0.05) is 18.2 Å². The van der Waals surface area contributed by atoms with E-state index in [9.17, 15) is 0 Å². The van der Waals surface area contributed by atoms with Crippen molar-refractivity contribution >= 4 is 16.9 Å². The Morgan fingerprint density at radius 3 is 2.95 bits per heavy atom. The molecule has 0 aliphatic carbocycles. The number of nitrogens with zero attached hydrogens (tertiary/aromatic N) is 2. The normalized spacial score (nSPS) is 12.8. The van der Waals surface area contributed by atoms with Crippen molar-refractivity contribution in [1.29, 1.82) is 0 Å². The lowest BCUT2D eigenvalue weighted by Gasteiger charge is -2.12. The first kappa shape index (κ1) is 14.6. The number of benzene rings is 1. The number of H-pyrrole nitrogens is 2. The van der Waals surface area contributed by atoms with Crippen LogP contribution in [0.15, 0.2) is 30.5 Å². The van der Waals surface area contributed by atoms with Gasteiger partial charge in [-0.15, -0.1) is 5.10 Å². The van der Waals surface area contributed by atoms with Gasteiger partial charge in [0.25, 0.3) is 0 Å². The second-order valence-corrected chi connectivity index (χ2v) is 5.64. The molecule has 0 aliphatic rings. The molecule has 0 amide bonds. The lowest BCUT2D eigenvalue weighted by Crippen LogP contribution is -2.28. The Kier molecular flexibility index (Phi) is 4.39. The Bertz CT molecular complexity index is 729. The molecule has 2 aromatic heterocycles. The molecule has 5 N–H and O–H groups in total. The first-order chi connectivity index (χ1) is 10.7. The van der Waals surface area contributed by atoms with Gasteiger partial charge in [0.05, 0.1) is 0 Å². The number of anilines is 1. The highest BCUT2D eigenvalue weighted by molar-refractivity contribution is 5.82. The van der Waals surface area contributed by atoms with E-state index in [1.165, 1.54) is 16.5 Å². The van der Waals surface area contributed by atoms with E-state index in [-0.39, 0.29) is 0 Å². The van der Waals surface area contributed by atoms with Crippen LogP contribution < -0.4 is 11.1 Å². The Hall–Kier alpha value is -2.34. The third-order valence-corrected chi connectivity index (χ3v) is 3.93. The molecule has 0 aliphatic heterocycles. The topological polar surface area (TPSA) is 95.4 Å². The van der Waals surface area contributed by atoms with Gasteiger partial charge in [0.1, 0.15) is 5.82 Å². The molecule has 6 nitrogen and oxygen atoms in total. The molecular weight excluding hydrogens is 276 g/mol. The molecule has 1 aromatic carbocycles. The van der Waals surface area contributed by atoms with E-state index in [1.54, 1.807) is 0 Å². The number of aryl methyl sites for hydroxylation is 1. The maximum Gasteiger partial charge on any atom is 0.239 e. The van der Waals surface area contributed by atoms with Crippen molar-refractivity contribution in [3.8, 4) is 0 Å². The van der Waals surface area contributed by atoms with E-state index in [4.69, 9.17) is 5.73 Å². The Morgan fingerprint density at radius 2 is 2.14 bits per heavy atom. The van der Waals surface area contributed by atoms with E-state index in [0.29, 0.717) is 12.0 Å². The summed E-state index contributed by atoms with van der Waals surface area (Å²) in [4.78, 5) is 7.42. The minimum Gasteiger partial charge on any atom is -0.367 e. The van der Waals surface area contributed by atoms with Crippen molar-refractivity contribution in [1.82, 2.24) is 25.5 Å². The van der Waals surface area contributed by atoms with Crippen molar-refractivity contribution in [2.75, 3.05) is 12.3 Å². The molecule has 6 heteroatoms. The summed E-state index contributed by atoms with van der Waals surface area (Å²) in [7, 11) is 0. The first-order valence-electron chi connectivity index (χ1n) is 7.67. The van der Waals surface area contributed by atoms with Gasteiger partial charge < -0.3 is 16.0 Å². The van der Waals surface area contributed by atoms with Crippen LogP contribution in [0.5, 0.6) is 0 Å². The zero-order valence-electron chi connectivity index (χ0n) is 12.8. The number of hydrogen-bond acceptors (Lipinski definition) is 4. The second-order valence-electron chi connectivity index (χ2n) is 5.64. The predicted octanol–water partition coefficient (Wildman–Crippen LogP) is 2.02. The number of nitrogens with two attached hydrogens (primary N) is 1. The van der Waals surface area contributed by atoms with Crippen molar-refractivity contribution < 1.29 is 0 Å². The van der Waals surface area contributed by atoms with Crippen LogP contribution in [0.1, 0.15) is 24.7 Å². The lowest BCUT2D eigenvalue weighted by molar-refractivity contribution is 0.515. The van der Waals surface area contributed by atoms with Gasteiger partial charge in [-0.25, -0.2) is 0 Å². The SMILES string of the molecule is CC(CCc1c[nH]c2ccccc12)NCCc1nc(N)n[nH]1. The third kappa shape index (κ3) is 3.46. The summed E-state index contributed by atoms with van der Waals surface area (Å²) in [6.07, 6.45) is 5.09.